The van der Waals surface area contributed by atoms with Crippen molar-refractivity contribution in [3.63, 3.8) is 0 Å². The van der Waals surface area contributed by atoms with Crippen molar-refractivity contribution in [3.8, 4) is 0 Å². The number of aryl methyl sites for hydroxylation is 1. The minimum absolute atomic E-state index is 0.605. The quantitative estimate of drug-likeness (QED) is 0.623. The van der Waals surface area contributed by atoms with Crippen molar-refractivity contribution in [1.29, 1.82) is 5.41 Å². The molecule has 2 aromatic rings. The summed E-state index contributed by atoms with van der Waals surface area (Å²) in [5.74, 6) is 0. The number of hydrogen-bond donors (Lipinski definition) is 2. The molecule has 0 spiro atoms. The Labute approximate surface area is 114 Å². The maximum atomic E-state index is 9.19. The second kappa shape index (κ2) is 5.87. The molecule has 1 heterocycles. The summed E-state index contributed by atoms with van der Waals surface area (Å²) in [6.45, 7) is 0. The molecule has 0 radical (unpaired) electrons. The average molecular weight is 306 g/mol. The predicted molar refractivity (Wildman–Crippen MR) is 75.9 cm³/mol. The molecular formula is C10H14N2O3S3. The van der Waals surface area contributed by atoms with E-state index < -0.39 is 10.1 Å². The summed E-state index contributed by atoms with van der Waals surface area (Å²) < 4.78 is 29.0. The van der Waals surface area contributed by atoms with Crippen LogP contribution in [0.5, 0.6) is 0 Å². The molecule has 0 fully saturated rings. The van der Waals surface area contributed by atoms with Gasteiger partial charge in [0.05, 0.1) is 16.5 Å². The fourth-order valence-corrected chi connectivity index (χ4v) is 2.72. The van der Waals surface area contributed by atoms with Crippen LogP contribution in [0.1, 0.15) is 0 Å². The molecule has 0 amide bonds. The number of thiazole rings is 1. The van der Waals surface area contributed by atoms with Crippen molar-refractivity contribution in [2.75, 3.05) is 12.5 Å². The minimum atomic E-state index is -3.67. The van der Waals surface area contributed by atoms with Crippen molar-refractivity contribution in [1.82, 2.24) is 4.57 Å². The summed E-state index contributed by atoms with van der Waals surface area (Å²) >= 11 is 3.26. The third-order valence-corrected chi connectivity index (χ3v) is 3.78. The van der Waals surface area contributed by atoms with Crippen LogP contribution < -0.4 is 4.80 Å². The lowest BCUT2D eigenvalue weighted by Gasteiger charge is -1.96. The van der Waals surface area contributed by atoms with Crippen LogP contribution in [0.15, 0.2) is 23.1 Å². The standard InChI is InChI=1S/C9H10N2S2.CH4O3S/c1-11-7-4-3-6(12-2)5-8(7)13-9(11)10;1-5(2,3)4/h3-5,10H,1-2H3;1H3,(H,2,3,4). The van der Waals surface area contributed by atoms with Gasteiger partial charge in [-0.3, -0.25) is 9.96 Å². The van der Waals surface area contributed by atoms with Crippen molar-refractivity contribution in [3.05, 3.63) is 23.0 Å². The first-order valence-corrected chi connectivity index (χ1v) is 8.72. The van der Waals surface area contributed by atoms with E-state index in [2.05, 4.69) is 24.5 Å². The first-order valence-electron chi connectivity index (χ1n) is 4.83. The monoisotopic (exact) mass is 306 g/mol. The first kappa shape index (κ1) is 15.2. The van der Waals surface area contributed by atoms with Crippen LogP contribution >= 0.6 is 23.1 Å². The Balaban J connectivity index is 0.000000280. The van der Waals surface area contributed by atoms with Gasteiger partial charge in [0.25, 0.3) is 10.1 Å². The smallest absolute Gasteiger partial charge is 0.261 e. The Kier molecular flexibility index (Phi) is 4.97. The van der Waals surface area contributed by atoms with Gasteiger partial charge in [0.2, 0.25) is 0 Å². The molecule has 100 valence electrons. The Morgan fingerprint density at radius 3 is 2.50 bits per heavy atom. The number of rotatable bonds is 1. The van der Waals surface area contributed by atoms with Crippen molar-refractivity contribution in [2.45, 2.75) is 4.90 Å². The van der Waals surface area contributed by atoms with Gasteiger partial charge in [-0.1, -0.05) is 11.3 Å². The number of nitrogens with one attached hydrogen (secondary N) is 1. The lowest BCUT2D eigenvalue weighted by atomic mass is 10.3. The topological polar surface area (TPSA) is 83.2 Å². The van der Waals surface area contributed by atoms with Gasteiger partial charge in [0.1, 0.15) is 0 Å². The molecule has 5 nitrogen and oxygen atoms in total. The molecule has 0 aliphatic carbocycles. The molecule has 0 saturated heterocycles. The zero-order valence-electron chi connectivity index (χ0n) is 10.2. The van der Waals surface area contributed by atoms with Crippen molar-refractivity contribution >= 4 is 43.4 Å². The lowest BCUT2D eigenvalue weighted by molar-refractivity contribution is 0.490. The number of thioether (sulfide) groups is 1. The highest BCUT2D eigenvalue weighted by molar-refractivity contribution is 7.98. The Bertz CT molecular complexity index is 693. The highest BCUT2D eigenvalue weighted by Crippen LogP contribution is 2.23. The highest BCUT2D eigenvalue weighted by Gasteiger charge is 2.01. The molecule has 0 saturated carbocycles. The zero-order valence-corrected chi connectivity index (χ0v) is 12.6. The van der Waals surface area contributed by atoms with Crippen LogP contribution in [-0.2, 0) is 17.2 Å². The Hall–Kier alpha value is -0.830. The fraction of sp³-hybridized carbons (Fsp3) is 0.300. The number of aromatic nitrogens is 1. The molecule has 8 heteroatoms. The molecule has 0 atom stereocenters. The minimum Gasteiger partial charge on any atom is -0.320 e. The van der Waals surface area contributed by atoms with Crippen LogP contribution in [0.4, 0.5) is 0 Å². The molecule has 2 rings (SSSR count). The van der Waals surface area contributed by atoms with Crippen LogP contribution in [0, 0.1) is 5.41 Å². The van der Waals surface area contributed by atoms with Crippen molar-refractivity contribution in [2.24, 2.45) is 7.05 Å². The van der Waals surface area contributed by atoms with E-state index in [-0.39, 0.29) is 0 Å². The van der Waals surface area contributed by atoms with E-state index in [0.717, 1.165) is 5.52 Å². The summed E-state index contributed by atoms with van der Waals surface area (Å²) in [5, 5.41) is 7.65. The maximum Gasteiger partial charge on any atom is 0.261 e. The molecule has 18 heavy (non-hydrogen) atoms. The summed E-state index contributed by atoms with van der Waals surface area (Å²) in [4.78, 5) is 1.86. The van der Waals surface area contributed by atoms with E-state index >= 15 is 0 Å². The highest BCUT2D eigenvalue weighted by atomic mass is 32.2. The SMILES string of the molecule is CS(=O)(=O)O.CSc1ccc2c(c1)sc(=N)n2C. The number of benzene rings is 1. The first-order chi connectivity index (χ1) is 8.22. The van der Waals surface area contributed by atoms with Gasteiger partial charge in [-0.25, -0.2) is 0 Å². The maximum absolute atomic E-state index is 9.19. The second-order valence-electron chi connectivity index (χ2n) is 3.53. The molecule has 0 aliphatic heterocycles. The van der Waals surface area contributed by atoms with E-state index in [0.29, 0.717) is 11.1 Å². The van der Waals surface area contributed by atoms with Crippen LogP contribution in [0.2, 0.25) is 0 Å². The van der Waals surface area contributed by atoms with Gasteiger partial charge >= 0.3 is 0 Å². The number of hydrogen-bond acceptors (Lipinski definition) is 5. The molecule has 1 aromatic heterocycles. The third-order valence-electron chi connectivity index (χ3n) is 2.04. The van der Waals surface area contributed by atoms with E-state index in [9.17, 15) is 8.42 Å². The largest absolute Gasteiger partial charge is 0.320 e. The molecule has 0 aliphatic rings. The summed E-state index contributed by atoms with van der Waals surface area (Å²) in [6, 6.07) is 6.32. The fourth-order valence-electron chi connectivity index (χ4n) is 1.26. The molecule has 0 unspecified atom stereocenters. The summed E-state index contributed by atoms with van der Waals surface area (Å²) in [5.41, 5.74) is 1.15. The zero-order chi connectivity index (χ0) is 13.9. The van der Waals surface area contributed by atoms with Gasteiger partial charge in [-0.05, 0) is 24.5 Å². The summed E-state index contributed by atoms with van der Waals surface area (Å²) in [6.07, 6.45) is 2.78. The lowest BCUT2D eigenvalue weighted by Crippen LogP contribution is -2.06. The summed E-state index contributed by atoms with van der Waals surface area (Å²) in [7, 11) is -1.74. The van der Waals surface area contributed by atoms with Crippen LogP contribution in [0.3, 0.4) is 0 Å². The van der Waals surface area contributed by atoms with Gasteiger partial charge in [0, 0.05) is 11.9 Å². The van der Waals surface area contributed by atoms with Gasteiger partial charge in [-0.2, -0.15) is 8.42 Å². The Morgan fingerprint density at radius 1 is 1.44 bits per heavy atom. The predicted octanol–water partition coefficient (Wildman–Crippen LogP) is 1.95. The van der Waals surface area contributed by atoms with E-state index in [4.69, 9.17) is 9.96 Å². The third kappa shape index (κ3) is 4.45. The van der Waals surface area contributed by atoms with E-state index in [1.165, 1.54) is 20.9 Å². The van der Waals surface area contributed by atoms with Gasteiger partial charge in [-0.15, -0.1) is 11.8 Å². The average Bonchev–Trinajstić information content (AvgIpc) is 2.52. The normalized spacial score (nSPS) is 11.1. The molecule has 2 N–H and O–H groups in total. The van der Waals surface area contributed by atoms with E-state index in [1.807, 2.05) is 11.6 Å². The molecule has 1 aromatic carbocycles. The van der Waals surface area contributed by atoms with Gasteiger partial charge < -0.3 is 4.57 Å². The van der Waals surface area contributed by atoms with Crippen molar-refractivity contribution < 1.29 is 13.0 Å². The van der Waals surface area contributed by atoms with E-state index in [1.54, 1.807) is 11.8 Å². The van der Waals surface area contributed by atoms with Crippen LogP contribution in [0.25, 0.3) is 10.2 Å². The Morgan fingerprint density at radius 2 is 2.00 bits per heavy atom. The number of fused-ring (bicyclic) bond motifs is 1. The number of nitrogens with zero attached hydrogens (tertiary/aromatic N) is 1. The molecule has 0 bridgehead atoms. The van der Waals surface area contributed by atoms with Gasteiger partial charge in [0.15, 0.2) is 4.80 Å². The second-order valence-corrected chi connectivity index (χ2v) is 6.91. The molecular weight excluding hydrogens is 292 g/mol. The van der Waals surface area contributed by atoms with Crippen LogP contribution in [-0.4, -0.2) is 30.0 Å².